The maximum Gasteiger partial charge on any atom is 0.237 e. The molecule has 1 saturated heterocycles. The summed E-state index contributed by atoms with van der Waals surface area (Å²) in [7, 11) is 1.60. The maximum absolute atomic E-state index is 11.6. The molecule has 5 nitrogen and oxygen atoms in total. The lowest BCUT2D eigenvalue weighted by atomic mass is 10.0. The molecule has 1 aliphatic rings. The van der Waals surface area contributed by atoms with Crippen molar-refractivity contribution in [1.82, 2.24) is 5.32 Å². The first-order chi connectivity index (χ1) is 7.65. The van der Waals surface area contributed by atoms with Gasteiger partial charge in [-0.3, -0.25) is 4.79 Å². The average Bonchev–Trinajstić information content (AvgIpc) is 2.68. The van der Waals surface area contributed by atoms with E-state index in [1.54, 1.807) is 7.11 Å². The third kappa shape index (κ3) is 4.08. The molecule has 1 aliphatic heterocycles. The fourth-order valence-electron chi connectivity index (χ4n) is 1.78. The van der Waals surface area contributed by atoms with Crippen LogP contribution < -0.4 is 11.1 Å². The quantitative estimate of drug-likeness (QED) is 0.668. The summed E-state index contributed by atoms with van der Waals surface area (Å²) in [5.74, 6) is 0.315. The van der Waals surface area contributed by atoms with Crippen molar-refractivity contribution in [2.75, 3.05) is 26.9 Å². The lowest BCUT2D eigenvalue weighted by Gasteiger charge is -2.17. The Balaban J connectivity index is 2.18. The Morgan fingerprint density at radius 2 is 2.44 bits per heavy atom. The number of hydrogen-bond acceptors (Lipinski definition) is 4. The first kappa shape index (κ1) is 13.4. The van der Waals surface area contributed by atoms with Crippen LogP contribution in [0, 0.1) is 5.92 Å². The van der Waals surface area contributed by atoms with Gasteiger partial charge in [0, 0.05) is 32.8 Å². The third-order valence-corrected chi connectivity index (χ3v) is 3.04. The second-order valence-electron chi connectivity index (χ2n) is 4.26. The van der Waals surface area contributed by atoms with E-state index >= 15 is 0 Å². The molecule has 0 radical (unpaired) electrons. The van der Waals surface area contributed by atoms with Gasteiger partial charge >= 0.3 is 0 Å². The molecule has 0 bridgehead atoms. The predicted octanol–water partition coefficient (Wildman–Crippen LogP) is -0.109. The van der Waals surface area contributed by atoms with Crippen molar-refractivity contribution in [2.45, 2.75) is 31.9 Å². The number of hydrogen-bond donors (Lipinski definition) is 2. The van der Waals surface area contributed by atoms with Gasteiger partial charge in [0.25, 0.3) is 0 Å². The summed E-state index contributed by atoms with van der Waals surface area (Å²) in [5.41, 5.74) is 5.70. The number of rotatable bonds is 6. The van der Waals surface area contributed by atoms with Gasteiger partial charge in [-0.15, -0.1) is 0 Å². The second kappa shape index (κ2) is 6.83. The second-order valence-corrected chi connectivity index (χ2v) is 4.26. The fraction of sp³-hybridized carbons (Fsp3) is 0.909. The monoisotopic (exact) mass is 230 g/mol. The van der Waals surface area contributed by atoms with E-state index in [9.17, 15) is 4.79 Å². The number of carbonyl (C=O) groups is 1. The Bertz CT molecular complexity index is 223. The molecule has 0 saturated carbocycles. The van der Waals surface area contributed by atoms with Crippen LogP contribution in [0.1, 0.15) is 19.8 Å². The zero-order valence-electron chi connectivity index (χ0n) is 10.1. The molecule has 0 aromatic rings. The molecule has 5 heteroatoms. The minimum Gasteiger partial charge on any atom is -0.385 e. The molecule has 0 aromatic heterocycles. The number of methoxy groups -OCH3 is 1. The van der Waals surface area contributed by atoms with Gasteiger partial charge in [0.05, 0.1) is 12.1 Å². The topological polar surface area (TPSA) is 73.6 Å². The standard InChI is InChI=1S/C11H22N2O3/c1-8-9(3-6-16-8)7-13-11(14)10(12)4-5-15-2/h8-10H,3-7,12H2,1-2H3,(H,13,14). The largest absolute Gasteiger partial charge is 0.385 e. The molecule has 1 fully saturated rings. The van der Waals surface area contributed by atoms with E-state index in [1.165, 1.54) is 0 Å². The first-order valence-electron chi connectivity index (χ1n) is 5.79. The fourth-order valence-corrected chi connectivity index (χ4v) is 1.78. The molecule has 0 aromatic carbocycles. The molecule has 16 heavy (non-hydrogen) atoms. The van der Waals surface area contributed by atoms with Crippen LogP contribution in [0.3, 0.4) is 0 Å². The summed E-state index contributed by atoms with van der Waals surface area (Å²) in [6.45, 7) is 3.99. The van der Waals surface area contributed by atoms with Crippen LogP contribution in [0.25, 0.3) is 0 Å². The van der Waals surface area contributed by atoms with Crippen molar-refractivity contribution in [3.05, 3.63) is 0 Å². The van der Waals surface area contributed by atoms with E-state index in [1.807, 2.05) is 6.92 Å². The zero-order valence-corrected chi connectivity index (χ0v) is 10.1. The molecule has 94 valence electrons. The SMILES string of the molecule is COCCC(N)C(=O)NCC1CCOC1C. The molecule has 3 unspecified atom stereocenters. The highest BCUT2D eigenvalue weighted by molar-refractivity contribution is 5.81. The van der Waals surface area contributed by atoms with Gasteiger partial charge in [-0.25, -0.2) is 0 Å². The van der Waals surface area contributed by atoms with Gasteiger partial charge in [-0.1, -0.05) is 0 Å². The van der Waals surface area contributed by atoms with Crippen molar-refractivity contribution in [2.24, 2.45) is 11.7 Å². The highest BCUT2D eigenvalue weighted by atomic mass is 16.5. The Labute approximate surface area is 96.7 Å². The van der Waals surface area contributed by atoms with Gasteiger partial charge in [-0.2, -0.15) is 0 Å². The van der Waals surface area contributed by atoms with Crippen molar-refractivity contribution in [3.63, 3.8) is 0 Å². The van der Waals surface area contributed by atoms with Crippen molar-refractivity contribution >= 4 is 5.91 Å². The van der Waals surface area contributed by atoms with Gasteiger partial charge in [0.2, 0.25) is 5.91 Å². The van der Waals surface area contributed by atoms with Crippen LogP contribution in [0.4, 0.5) is 0 Å². The van der Waals surface area contributed by atoms with Gasteiger partial charge < -0.3 is 20.5 Å². The van der Waals surface area contributed by atoms with Crippen LogP contribution in [0.2, 0.25) is 0 Å². The Morgan fingerprint density at radius 3 is 3.00 bits per heavy atom. The summed E-state index contributed by atoms with van der Waals surface area (Å²) in [6.07, 6.45) is 1.80. The molecular formula is C11H22N2O3. The smallest absolute Gasteiger partial charge is 0.237 e. The van der Waals surface area contributed by atoms with Gasteiger partial charge in [-0.05, 0) is 19.8 Å². The number of carbonyl (C=O) groups excluding carboxylic acids is 1. The maximum atomic E-state index is 11.6. The minimum absolute atomic E-state index is 0.101. The summed E-state index contributed by atoms with van der Waals surface area (Å²) in [6, 6.07) is -0.474. The summed E-state index contributed by atoms with van der Waals surface area (Å²) in [5, 5.41) is 2.86. The summed E-state index contributed by atoms with van der Waals surface area (Å²) >= 11 is 0. The van der Waals surface area contributed by atoms with E-state index in [4.69, 9.17) is 15.2 Å². The molecule has 3 N–H and O–H groups in total. The van der Waals surface area contributed by atoms with E-state index in [-0.39, 0.29) is 12.0 Å². The Hall–Kier alpha value is -0.650. The highest BCUT2D eigenvalue weighted by Gasteiger charge is 2.25. The van der Waals surface area contributed by atoms with Crippen molar-refractivity contribution < 1.29 is 14.3 Å². The lowest BCUT2D eigenvalue weighted by molar-refractivity contribution is -0.123. The van der Waals surface area contributed by atoms with Crippen molar-refractivity contribution in [1.29, 1.82) is 0 Å². The Kier molecular flexibility index (Phi) is 5.73. The third-order valence-electron chi connectivity index (χ3n) is 3.04. The van der Waals surface area contributed by atoms with Crippen molar-refractivity contribution in [3.8, 4) is 0 Å². The highest BCUT2D eigenvalue weighted by Crippen LogP contribution is 2.19. The average molecular weight is 230 g/mol. The number of amides is 1. The molecule has 1 amide bonds. The normalized spacial score (nSPS) is 26.7. The Morgan fingerprint density at radius 1 is 1.69 bits per heavy atom. The summed E-state index contributed by atoms with van der Waals surface area (Å²) < 4.78 is 10.3. The van der Waals surface area contributed by atoms with Crippen LogP contribution >= 0.6 is 0 Å². The predicted molar refractivity (Wildman–Crippen MR) is 61.0 cm³/mol. The molecule has 0 aliphatic carbocycles. The van der Waals surface area contributed by atoms with Crippen LogP contribution in [0.15, 0.2) is 0 Å². The zero-order chi connectivity index (χ0) is 12.0. The van der Waals surface area contributed by atoms with Crippen LogP contribution in [0.5, 0.6) is 0 Å². The van der Waals surface area contributed by atoms with Crippen LogP contribution in [-0.2, 0) is 14.3 Å². The van der Waals surface area contributed by atoms with Gasteiger partial charge in [0.1, 0.15) is 0 Å². The molecular weight excluding hydrogens is 208 g/mol. The molecule has 3 atom stereocenters. The molecule has 0 spiro atoms. The van der Waals surface area contributed by atoms with Gasteiger partial charge in [0.15, 0.2) is 0 Å². The number of nitrogens with one attached hydrogen (secondary N) is 1. The number of nitrogens with two attached hydrogens (primary N) is 1. The number of ether oxygens (including phenoxy) is 2. The van der Waals surface area contributed by atoms with E-state index in [0.717, 1.165) is 13.0 Å². The van der Waals surface area contributed by atoms with Crippen LogP contribution in [-0.4, -0.2) is 44.9 Å². The first-order valence-corrected chi connectivity index (χ1v) is 5.79. The summed E-state index contributed by atoms with van der Waals surface area (Å²) in [4.78, 5) is 11.6. The molecule has 1 heterocycles. The van der Waals surface area contributed by atoms with E-state index in [0.29, 0.717) is 25.5 Å². The van der Waals surface area contributed by atoms with E-state index in [2.05, 4.69) is 5.32 Å². The minimum atomic E-state index is -0.474. The lowest BCUT2D eigenvalue weighted by Crippen LogP contribution is -2.43. The van der Waals surface area contributed by atoms with E-state index < -0.39 is 6.04 Å². The molecule has 1 rings (SSSR count).